The summed E-state index contributed by atoms with van der Waals surface area (Å²) in [7, 11) is 2.27. The van der Waals surface area contributed by atoms with E-state index >= 15 is 0 Å². The van der Waals surface area contributed by atoms with Crippen molar-refractivity contribution in [2.75, 3.05) is 26.7 Å². The number of nitrogens with zero attached hydrogens (tertiary/aromatic N) is 1. The maximum Gasteiger partial charge on any atom is 0.0178 e. The first-order valence-electron chi connectivity index (χ1n) is 6.83. The number of aryl methyl sites for hydroxylation is 1. The summed E-state index contributed by atoms with van der Waals surface area (Å²) in [5.41, 5.74) is 2.86. The van der Waals surface area contributed by atoms with E-state index in [0.717, 1.165) is 19.0 Å². The largest absolute Gasteiger partial charge is 0.317 e. The van der Waals surface area contributed by atoms with Crippen molar-refractivity contribution >= 4 is 15.9 Å². The first-order chi connectivity index (χ1) is 8.66. The molecule has 0 aromatic heterocycles. The molecule has 1 aliphatic heterocycles. The molecular weight excluding hydrogens is 288 g/mol. The molecule has 1 aromatic carbocycles. The van der Waals surface area contributed by atoms with Crippen LogP contribution in [0.5, 0.6) is 0 Å². The molecule has 3 heteroatoms. The van der Waals surface area contributed by atoms with Crippen LogP contribution in [0, 0.1) is 6.92 Å². The van der Waals surface area contributed by atoms with Crippen molar-refractivity contribution in [2.45, 2.75) is 32.2 Å². The molecule has 1 aromatic rings. The lowest BCUT2D eigenvalue weighted by Gasteiger charge is -2.31. The van der Waals surface area contributed by atoms with Crippen molar-refractivity contribution in [1.29, 1.82) is 0 Å². The van der Waals surface area contributed by atoms with Crippen molar-refractivity contribution in [3.8, 4) is 0 Å². The van der Waals surface area contributed by atoms with Gasteiger partial charge in [-0.05, 0) is 69.6 Å². The third-order valence-electron chi connectivity index (χ3n) is 3.98. The van der Waals surface area contributed by atoms with Crippen LogP contribution in [0.2, 0.25) is 0 Å². The highest BCUT2D eigenvalue weighted by Crippen LogP contribution is 2.17. The molecule has 2 rings (SSSR count). The van der Waals surface area contributed by atoms with E-state index in [4.69, 9.17) is 0 Å². The van der Waals surface area contributed by atoms with Crippen molar-refractivity contribution in [3.63, 3.8) is 0 Å². The molecule has 0 amide bonds. The fourth-order valence-electron chi connectivity index (χ4n) is 2.64. The fourth-order valence-corrected chi connectivity index (χ4v) is 3.04. The van der Waals surface area contributed by atoms with E-state index in [1.807, 2.05) is 0 Å². The molecule has 18 heavy (non-hydrogen) atoms. The summed E-state index contributed by atoms with van der Waals surface area (Å²) < 4.78 is 1.19. The molecule has 0 aliphatic carbocycles. The Kier molecular flexibility index (Phi) is 5.22. The van der Waals surface area contributed by atoms with Gasteiger partial charge >= 0.3 is 0 Å². The maximum absolute atomic E-state index is 3.56. The SMILES string of the molecule is Cc1ccc(Br)cc1CCN(C)C1CCNCC1. The molecule has 2 nitrogen and oxygen atoms in total. The van der Waals surface area contributed by atoms with Crippen molar-refractivity contribution in [1.82, 2.24) is 10.2 Å². The van der Waals surface area contributed by atoms with Gasteiger partial charge in [-0.25, -0.2) is 0 Å². The summed E-state index contributed by atoms with van der Waals surface area (Å²) in [4.78, 5) is 2.53. The molecule has 1 aliphatic rings. The second kappa shape index (κ2) is 6.69. The number of likely N-dealkylation sites (N-methyl/N-ethyl adjacent to an activating group) is 1. The second-order valence-corrected chi connectivity index (χ2v) is 6.20. The molecule has 0 radical (unpaired) electrons. The number of halogens is 1. The Balaban J connectivity index is 1.88. The molecule has 0 spiro atoms. The zero-order chi connectivity index (χ0) is 13.0. The van der Waals surface area contributed by atoms with Gasteiger partial charge in [-0.2, -0.15) is 0 Å². The van der Waals surface area contributed by atoms with Crippen LogP contribution in [0.15, 0.2) is 22.7 Å². The number of hydrogen-bond acceptors (Lipinski definition) is 2. The summed E-state index contributed by atoms with van der Waals surface area (Å²) in [6, 6.07) is 7.34. The molecule has 1 fully saturated rings. The van der Waals surface area contributed by atoms with Crippen molar-refractivity contribution < 1.29 is 0 Å². The standard InChI is InChI=1S/C15H23BrN2/c1-12-3-4-14(16)11-13(12)7-10-18(2)15-5-8-17-9-6-15/h3-4,11,15,17H,5-10H2,1-2H3. The molecule has 0 atom stereocenters. The normalized spacial score (nSPS) is 17.3. The topological polar surface area (TPSA) is 15.3 Å². The Hall–Kier alpha value is -0.380. The van der Waals surface area contributed by atoms with Crippen LogP contribution in [-0.2, 0) is 6.42 Å². The van der Waals surface area contributed by atoms with E-state index in [-0.39, 0.29) is 0 Å². The van der Waals surface area contributed by atoms with Crippen LogP contribution >= 0.6 is 15.9 Å². The predicted molar refractivity (Wildman–Crippen MR) is 81.1 cm³/mol. The Morgan fingerprint density at radius 3 is 2.78 bits per heavy atom. The molecule has 100 valence electrons. The zero-order valence-electron chi connectivity index (χ0n) is 11.4. The van der Waals surface area contributed by atoms with Gasteiger partial charge in [0.2, 0.25) is 0 Å². The Morgan fingerprint density at radius 2 is 2.06 bits per heavy atom. The van der Waals surface area contributed by atoms with Crippen LogP contribution < -0.4 is 5.32 Å². The summed E-state index contributed by atoms with van der Waals surface area (Å²) in [6.07, 6.45) is 3.72. The highest BCUT2D eigenvalue weighted by atomic mass is 79.9. The highest BCUT2D eigenvalue weighted by Gasteiger charge is 2.17. The highest BCUT2D eigenvalue weighted by molar-refractivity contribution is 9.10. The van der Waals surface area contributed by atoms with Gasteiger partial charge in [0.25, 0.3) is 0 Å². The second-order valence-electron chi connectivity index (χ2n) is 5.28. The zero-order valence-corrected chi connectivity index (χ0v) is 13.0. The van der Waals surface area contributed by atoms with E-state index in [1.54, 1.807) is 0 Å². The molecular formula is C15H23BrN2. The van der Waals surface area contributed by atoms with Crippen LogP contribution in [0.3, 0.4) is 0 Å². The molecule has 0 bridgehead atoms. The average molecular weight is 311 g/mol. The van der Waals surface area contributed by atoms with Crippen LogP contribution in [0.25, 0.3) is 0 Å². The number of benzene rings is 1. The van der Waals surface area contributed by atoms with Gasteiger partial charge in [0.1, 0.15) is 0 Å². The quantitative estimate of drug-likeness (QED) is 0.919. The van der Waals surface area contributed by atoms with E-state index < -0.39 is 0 Å². The number of piperidine rings is 1. The van der Waals surface area contributed by atoms with Gasteiger partial charge in [-0.1, -0.05) is 22.0 Å². The molecule has 0 saturated carbocycles. The van der Waals surface area contributed by atoms with Crippen LogP contribution in [0.4, 0.5) is 0 Å². The predicted octanol–water partition coefficient (Wildman–Crippen LogP) is 2.98. The van der Waals surface area contributed by atoms with Gasteiger partial charge in [0.05, 0.1) is 0 Å². The third-order valence-corrected chi connectivity index (χ3v) is 4.47. The number of rotatable bonds is 4. The lowest BCUT2D eigenvalue weighted by Crippen LogP contribution is -2.41. The van der Waals surface area contributed by atoms with E-state index in [9.17, 15) is 0 Å². The van der Waals surface area contributed by atoms with E-state index in [2.05, 4.69) is 58.3 Å². The Morgan fingerprint density at radius 1 is 1.33 bits per heavy atom. The first kappa shape index (κ1) is 14.0. The fraction of sp³-hybridized carbons (Fsp3) is 0.600. The van der Waals surface area contributed by atoms with Crippen molar-refractivity contribution in [3.05, 3.63) is 33.8 Å². The van der Waals surface area contributed by atoms with Crippen LogP contribution in [-0.4, -0.2) is 37.6 Å². The van der Waals surface area contributed by atoms with E-state index in [0.29, 0.717) is 0 Å². The summed E-state index contributed by atoms with van der Waals surface area (Å²) >= 11 is 3.56. The maximum atomic E-state index is 3.56. The Labute approximate surface area is 119 Å². The smallest absolute Gasteiger partial charge is 0.0178 e. The van der Waals surface area contributed by atoms with Gasteiger partial charge in [0.15, 0.2) is 0 Å². The minimum Gasteiger partial charge on any atom is -0.317 e. The van der Waals surface area contributed by atoms with E-state index in [1.165, 1.54) is 41.5 Å². The summed E-state index contributed by atoms with van der Waals surface area (Å²) in [5.74, 6) is 0. The van der Waals surface area contributed by atoms with Gasteiger partial charge < -0.3 is 10.2 Å². The lowest BCUT2D eigenvalue weighted by molar-refractivity contribution is 0.201. The monoisotopic (exact) mass is 310 g/mol. The number of nitrogens with one attached hydrogen (secondary N) is 1. The minimum atomic E-state index is 0.763. The molecule has 1 N–H and O–H groups in total. The molecule has 1 saturated heterocycles. The van der Waals surface area contributed by atoms with Crippen molar-refractivity contribution in [2.24, 2.45) is 0 Å². The van der Waals surface area contributed by atoms with Gasteiger partial charge in [0, 0.05) is 17.1 Å². The summed E-state index contributed by atoms with van der Waals surface area (Å²) in [6.45, 7) is 5.70. The Bertz CT molecular complexity index is 386. The number of hydrogen-bond donors (Lipinski definition) is 1. The average Bonchev–Trinajstić information content (AvgIpc) is 2.40. The lowest BCUT2D eigenvalue weighted by atomic mass is 10.0. The minimum absolute atomic E-state index is 0.763. The van der Waals surface area contributed by atoms with Crippen LogP contribution in [0.1, 0.15) is 24.0 Å². The van der Waals surface area contributed by atoms with Gasteiger partial charge in [-0.15, -0.1) is 0 Å². The third kappa shape index (κ3) is 3.81. The summed E-state index contributed by atoms with van der Waals surface area (Å²) in [5, 5.41) is 3.43. The van der Waals surface area contributed by atoms with Gasteiger partial charge in [-0.3, -0.25) is 0 Å². The molecule has 1 heterocycles. The first-order valence-corrected chi connectivity index (χ1v) is 7.62. The molecule has 0 unspecified atom stereocenters.